The van der Waals surface area contributed by atoms with Crippen LogP contribution in [0.1, 0.15) is 12.0 Å². The van der Waals surface area contributed by atoms with Crippen LogP contribution in [0.4, 0.5) is 0 Å². The molecule has 13 heavy (non-hydrogen) atoms. The van der Waals surface area contributed by atoms with Gasteiger partial charge in [-0.2, -0.15) is 0 Å². The maximum absolute atomic E-state index is 5.81. The van der Waals surface area contributed by atoms with Crippen molar-refractivity contribution in [2.45, 2.75) is 13.0 Å². The number of rotatable bonds is 5. The molecule has 0 N–H and O–H groups in total. The van der Waals surface area contributed by atoms with Gasteiger partial charge in [0.25, 0.3) is 0 Å². The van der Waals surface area contributed by atoms with Gasteiger partial charge in [-0.15, -0.1) is 11.6 Å². The third-order valence-corrected chi connectivity index (χ3v) is 2.08. The second-order valence-corrected chi connectivity index (χ2v) is 3.54. The van der Waals surface area contributed by atoms with Crippen LogP contribution in [0.3, 0.4) is 0 Å². The summed E-state index contributed by atoms with van der Waals surface area (Å²) in [5, 5.41) is 0.749. The van der Waals surface area contributed by atoms with Gasteiger partial charge in [-0.3, -0.25) is 0 Å². The van der Waals surface area contributed by atoms with E-state index in [1.54, 1.807) is 0 Å². The summed E-state index contributed by atoms with van der Waals surface area (Å²) >= 11 is 11.3. The topological polar surface area (TPSA) is 9.23 Å². The third-order valence-electron chi connectivity index (χ3n) is 1.58. The molecule has 3 heteroatoms. The molecule has 1 aromatic rings. The molecule has 0 aliphatic carbocycles. The minimum Gasteiger partial charge on any atom is -0.377 e. The molecule has 0 aliphatic heterocycles. The number of alkyl halides is 1. The van der Waals surface area contributed by atoms with Crippen molar-refractivity contribution in [3.8, 4) is 0 Å². The normalized spacial score (nSPS) is 10.3. The lowest BCUT2D eigenvalue weighted by molar-refractivity contribution is 0.122. The van der Waals surface area contributed by atoms with E-state index in [2.05, 4.69) is 0 Å². The summed E-state index contributed by atoms with van der Waals surface area (Å²) in [5.41, 5.74) is 1.10. The molecule has 1 aromatic carbocycles. The molecule has 72 valence electrons. The van der Waals surface area contributed by atoms with Crippen LogP contribution in [-0.2, 0) is 11.3 Å². The maximum Gasteiger partial charge on any atom is 0.0717 e. The van der Waals surface area contributed by atoms with Crippen molar-refractivity contribution in [3.63, 3.8) is 0 Å². The molecule has 0 bridgehead atoms. The van der Waals surface area contributed by atoms with E-state index in [0.29, 0.717) is 19.1 Å². The molecule has 0 heterocycles. The van der Waals surface area contributed by atoms with Crippen LogP contribution in [0.25, 0.3) is 0 Å². The van der Waals surface area contributed by atoms with Crippen molar-refractivity contribution < 1.29 is 4.74 Å². The van der Waals surface area contributed by atoms with E-state index in [9.17, 15) is 0 Å². The van der Waals surface area contributed by atoms with Gasteiger partial charge in [0.2, 0.25) is 0 Å². The lowest BCUT2D eigenvalue weighted by Crippen LogP contribution is -1.95. The van der Waals surface area contributed by atoms with Crippen molar-refractivity contribution in [2.75, 3.05) is 12.5 Å². The van der Waals surface area contributed by atoms with E-state index in [1.165, 1.54) is 0 Å². The van der Waals surface area contributed by atoms with Crippen LogP contribution < -0.4 is 0 Å². The molecular weight excluding hydrogens is 207 g/mol. The smallest absolute Gasteiger partial charge is 0.0717 e. The van der Waals surface area contributed by atoms with Gasteiger partial charge in [0.05, 0.1) is 6.61 Å². The molecule has 0 atom stereocenters. The number of halogens is 2. The first-order valence-corrected chi connectivity index (χ1v) is 5.12. The molecule has 0 radical (unpaired) electrons. The van der Waals surface area contributed by atoms with Gasteiger partial charge in [0.1, 0.15) is 0 Å². The minimum absolute atomic E-state index is 0.609. The highest BCUT2D eigenvalue weighted by Crippen LogP contribution is 2.11. The van der Waals surface area contributed by atoms with E-state index < -0.39 is 0 Å². The Balaban J connectivity index is 2.28. The fourth-order valence-corrected chi connectivity index (χ4v) is 1.30. The first-order valence-electron chi connectivity index (χ1n) is 4.21. The van der Waals surface area contributed by atoms with Gasteiger partial charge in [0, 0.05) is 17.5 Å². The van der Waals surface area contributed by atoms with Crippen molar-refractivity contribution in [3.05, 3.63) is 34.9 Å². The Kier molecular flexibility index (Phi) is 5.21. The van der Waals surface area contributed by atoms with Crippen molar-refractivity contribution in [1.29, 1.82) is 0 Å². The van der Waals surface area contributed by atoms with Gasteiger partial charge in [-0.25, -0.2) is 0 Å². The molecule has 0 spiro atoms. The number of ether oxygens (including phenoxy) is 1. The average molecular weight is 219 g/mol. The predicted octanol–water partition coefficient (Wildman–Crippen LogP) is 3.49. The zero-order valence-corrected chi connectivity index (χ0v) is 8.81. The number of benzene rings is 1. The maximum atomic E-state index is 5.81. The Morgan fingerprint density at radius 1 is 1.31 bits per heavy atom. The second-order valence-electron chi connectivity index (χ2n) is 2.73. The lowest BCUT2D eigenvalue weighted by atomic mass is 10.2. The highest BCUT2D eigenvalue weighted by Gasteiger charge is 1.93. The monoisotopic (exact) mass is 218 g/mol. The van der Waals surface area contributed by atoms with Crippen LogP contribution in [-0.4, -0.2) is 12.5 Å². The summed E-state index contributed by atoms with van der Waals surface area (Å²) < 4.78 is 5.37. The van der Waals surface area contributed by atoms with E-state index in [-0.39, 0.29) is 0 Å². The molecule has 0 aromatic heterocycles. The standard InChI is InChI=1S/C10H12Cl2O/c11-5-2-6-13-8-9-3-1-4-10(12)7-9/h1,3-4,7H,2,5-6,8H2. The predicted molar refractivity (Wildman–Crippen MR) is 56.4 cm³/mol. The van der Waals surface area contributed by atoms with E-state index >= 15 is 0 Å². The van der Waals surface area contributed by atoms with Gasteiger partial charge < -0.3 is 4.74 Å². The molecule has 0 amide bonds. The Morgan fingerprint density at radius 2 is 2.15 bits per heavy atom. The number of hydrogen-bond donors (Lipinski definition) is 0. The Bertz CT molecular complexity index is 250. The highest BCUT2D eigenvalue weighted by atomic mass is 35.5. The molecule has 1 nitrogen and oxygen atoms in total. The molecule has 0 saturated heterocycles. The van der Waals surface area contributed by atoms with Crippen molar-refractivity contribution >= 4 is 23.2 Å². The zero-order valence-electron chi connectivity index (χ0n) is 7.30. The van der Waals surface area contributed by atoms with Crippen molar-refractivity contribution in [2.24, 2.45) is 0 Å². The van der Waals surface area contributed by atoms with Gasteiger partial charge in [-0.1, -0.05) is 23.7 Å². The second kappa shape index (κ2) is 6.25. The summed E-state index contributed by atoms with van der Waals surface area (Å²) in [6, 6.07) is 7.67. The van der Waals surface area contributed by atoms with Crippen LogP contribution >= 0.6 is 23.2 Å². The molecule has 0 fully saturated rings. The third kappa shape index (κ3) is 4.51. The molecular formula is C10H12Cl2O. The zero-order chi connectivity index (χ0) is 9.52. The fraction of sp³-hybridized carbons (Fsp3) is 0.400. The van der Waals surface area contributed by atoms with Gasteiger partial charge in [0.15, 0.2) is 0 Å². The summed E-state index contributed by atoms with van der Waals surface area (Å²) in [4.78, 5) is 0. The highest BCUT2D eigenvalue weighted by molar-refractivity contribution is 6.30. The lowest BCUT2D eigenvalue weighted by Gasteiger charge is -2.02. The number of hydrogen-bond acceptors (Lipinski definition) is 1. The average Bonchev–Trinajstić information content (AvgIpc) is 2.13. The SMILES string of the molecule is ClCCCOCc1cccc(Cl)c1. The van der Waals surface area contributed by atoms with Crippen LogP contribution in [0.15, 0.2) is 24.3 Å². The first kappa shape index (κ1) is 10.8. The summed E-state index contributed by atoms with van der Waals surface area (Å²) in [7, 11) is 0. The molecule has 1 rings (SSSR count). The largest absolute Gasteiger partial charge is 0.377 e. The Labute approximate surface area is 88.6 Å². The summed E-state index contributed by atoms with van der Waals surface area (Å²) in [5.74, 6) is 0.648. The van der Waals surface area contributed by atoms with Crippen LogP contribution in [0.2, 0.25) is 5.02 Å². The quantitative estimate of drug-likeness (QED) is 0.544. The minimum atomic E-state index is 0.609. The van der Waals surface area contributed by atoms with Gasteiger partial charge in [-0.05, 0) is 24.1 Å². The van der Waals surface area contributed by atoms with Crippen molar-refractivity contribution in [1.82, 2.24) is 0 Å². The van der Waals surface area contributed by atoms with E-state index in [1.807, 2.05) is 24.3 Å². The first-order chi connectivity index (χ1) is 6.33. The fourth-order valence-electron chi connectivity index (χ4n) is 0.973. The van der Waals surface area contributed by atoms with Gasteiger partial charge >= 0.3 is 0 Å². The van der Waals surface area contributed by atoms with E-state index in [4.69, 9.17) is 27.9 Å². The molecule has 0 unspecified atom stereocenters. The summed E-state index contributed by atoms with van der Waals surface area (Å²) in [6.45, 7) is 1.31. The van der Waals surface area contributed by atoms with Crippen LogP contribution in [0.5, 0.6) is 0 Å². The van der Waals surface area contributed by atoms with Crippen LogP contribution in [0, 0.1) is 0 Å². The Hall–Kier alpha value is -0.240. The molecule has 0 aliphatic rings. The summed E-state index contributed by atoms with van der Waals surface area (Å²) in [6.07, 6.45) is 0.891. The molecule has 0 saturated carbocycles. The Morgan fingerprint density at radius 3 is 2.85 bits per heavy atom. The van der Waals surface area contributed by atoms with E-state index in [0.717, 1.165) is 17.0 Å².